The van der Waals surface area contributed by atoms with Crippen molar-refractivity contribution in [2.45, 2.75) is 51.6 Å². The van der Waals surface area contributed by atoms with E-state index in [9.17, 15) is 15.3 Å². The lowest BCUT2D eigenvalue weighted by molar-refractivity contribution is 0.0681. The van der Waals surface area contributed by atoms with Crippen molar-refractivity contribution in [1.82, 2.24) is 0 Å². The van der Waals surface area contributed by atoms with Gasteiger partial charge in [0.05, 0.1) is 5.60 Å². The van der Waals surface area contributed by atoms with E-state index in [4.69, 9.17) is 0 Å². The summed E-state index contributed by atoms with van der Waals surface area (Å²) >= 11 is 0. The molecule has 0 fully saturated rings. The van der Waals surface area contributed by atoms with Crippen LogP contribution in [0, 0.1) is 0 Å². The highest BCUT2D eigenvalue weighted by Gasteiger charge is 2.10. The molecule has 0 saturated heterocycles. The summed E-state index contributed by atoms with van der Waals surface area (Å²) in [6.45, 7) is 3.71. The maximum atomic E-state index is 9.72. The van der Waals surface area contributed by atoms with Crippen molar-refractivity contribution in [1.29, 1.82) is 0 Å². The summed E-state index contributed by atoms with van der Waals surface area (Å²) < 4.78 is 0. The Morgan fingerprint density at radius 2 is 1.52 bits per heavy atom. The molecular weight excluding hydrogens is 312 g/mol. The Kier molecular flexibility index (Phi) is 6.65. The van der Waals surface area contributed by atoms with Crippen LogP contribution in [0.2, 0.25) is 0 Å². The summed E-state index contributed by atoms with van der Waals surface area (Å²) in [4.78, 5) is 0. The fourth-order valence-corrected chi connectivity index (χ4v) is 2.82. The minimum atomic E-state index is -0.564. The minimum absolute atomic E-state index is 0.0551. The first kappa shape index (κ1) is 19.1. The number of benzene rings is 2. The van der Waals surface area contributed by atoms with Gasteiger partial charge >= 0.3 is 0 Å². The highest BCUT2D eigenvalue weighted by Crippen LogP contribution is 2.22. The average Bonchev–Trinajstić information content (AvgIpc) is 2.51. The number of rotatable bonds is 8. The molecule has 0 bridgehead atoms. The van der Waals surface area contributed by atoms with E-state index < -0.39 is 5.60 Å². The van der Waals surface area contributed by atoms with Crippen molar-refractivity contribution in [3.8, 4) is 11.5 Å². The van der Waals surface area contributed by atoms with Gasteiger partial charge in [-0.2, -0.15) is 0 Å². The molecule has 0 unspecified atom stereocenters. The molecule has 0 aliphatic carbocycles. The fraction of sp³-hybridized carbons (Fsp3) is 0.364. The van der Waals surface area contributed by atoms with E-state index in [0.717, 1.165) is 43.2 Å². The van der Waals surface area contributed by atoms with Crippen LogP contribution in [0.5, 0.6) is 11.5 Å². The molecular formula is C22H28O3. The summed E-state index contributed by atoms with van der Waals surface area (Å²) in [6, 6.07) is 12.9. The maximum Gasteiger partial charge on any atom is 0.119 e. The maximum absolute atomic E-state index is 9.72. The Balaban J connectivity index is 1.89. The molecule has 134 valence electrons. The first-order valence-corrected chi connectivity index (χ1v) is 8.84. The van der Waals surface area contributed by atoms with Crippen LogP contribution >= 0.6 is 0 Å². The van der Waals surface area contributed by atoms with E-state index in [1.165, 1.54) is 11.6 Å². The number of aromatic hydroxyl groups is 2. The van der Waals surface area contributed by atoms with Crippen molar-refractivity contribution in [2.24, 2.45) is 0 Å². The van der Waals surface area contributed by atoms with Gasteiger partial charge in [-0.3, -0.25) is 0 Å². The molecule has 2 rings (SSSR count). The van der Waals surface area contributed by atoms with Crippen LogP contribution in [0.15, 0.2) is 42.5 Å². The van der Waals surface area contributed by atoms with Crippen molar-refractivity contribution in [3.63, 3.8) is 0 Å². The minimum Gasteiger partial charge on any atom is -0.508 e. The molecule has 25 heavy (non-hydrogen) atoms. The second-order valence-electron chi connectivity index (χ2n) is 7.23. The highest BCUT2D eigenvalue weighted by molar-refractivity contribution is 5.71. The number of aryl methyl sites for hydroxylation is 1. The van der Waals surface area contributed by atoms with Crippen LogP contribution in [-0.4, -0.2) is 20.9 Å². The number of phenolic OH excluding ortho intramolecular Hbond substituents is 2. The molecule has 0 saturated carbocycles. The number of hydrogen-bond acceptors (Lipinski definition) is 3. The monoisotopic (exact) mass is 340 g/mol. The molecule has 0 aromatic heterocycles. The van der Waals surface area contributed by atoms with Crippen LogP contribution in [0.3, 0.4) is 0 Å². The van der Waals surface area contributed by atoms with E-state index >= 15 is 0 Å². The molecule has 0 atom stereocenters. The van der Waals surface area contributed by atoms with E-state index in [1.54, 1.807) is 12.1 Å². The zero-order valence-electron chi connectivity index (χ0n) is 15.1. The molecule has 2 aromatic rings. The molecule has 0 heterocycles. The van der Waals surface area contributed by atoms with Crippen LogP contribution in [0.1, 0.15) is 56.2 Å². The number of unbranched alkanes of at least 4 members (excludes halogenated alkanes) is 2. The number of aliphatic hydroxyl groups is 1. The van der Waals surface area contributed by atoms with Crippen LogP contribution in [0.4, 0.5) is 0 Å². The van der Waals surface area contributed by atoms with Gasteiger partial charge in [0.25, 0.3) is 0 Å². The topological polar surface area (TPSA) is 60.7 Å². The number of hydrogen-bond donors (Lipinski definition) is 3. The second-order valence-corrected chi connectivity index (χ2v) is 7.23. The molecule has 0 radical (unpaired) electrons. The summed E-state index contributed by atoms with van der Waals surface area (Å²) in [5, 5.41) is 28.8. The Bertz CT molecular complexity index is 691. The molecule has 3 nitrogen and oxygen atoms in total. The van der Waals surface area contributed by atoms with Crippen molar-refractivity contribution >= 4 is 12.2 Å². The molecule has 0 aliphatic rings. The van der Waals surface area contributed by atoms with Gasteiger partial charge < -0.3 is 15.3 Å². The molecule has 2 aromatic carbocycles. The first-order valence-electron chi connectivity index (χ1n) is 8.84. The van der Waals surface area contributed by atoms with Gasteiger partial charge in [-0.25, -0.2) is 0 Å². The molecule has 0 aliphatic heterocycles. The lowest BCUT2D eigenvalue weighted by atomic mass is 9.98. The number of phenols is 2. The highest BCUT2D eigenvalue weighted by atomic mass is 16.3. The predicted molar refractivity (Wildman–Crippen MR) is 104 cm³/mol. The Hall–Kier alpha value is -2.26. The van der Waals surface area contributed by atoms with E-state index in [-0.39, 0.29) is 11.5 Å². The summed E-state index contributed by atoms with van der Waals surface area (Å²) in [5.41, 5.74) is 2.58. The largest absolute Gasteiger partial charge is 0.508 e. The van der Waals surface area contributed by atoms with Gasteiger partial charge in [0, 0.05) is 6.07 Å². The van der Waals surface area contributed by atoms with Crippen molar-refractivity contribution in [2.75, 3.05) is 0 Å². The Labute approximate surface area is 150 Å². The van der Waals surface area contributed by atoms with Gasteiger partial charge in [0.1, 0.15) is 11.5 Å². The third-order valence-corrected chi connectivity index (χ3v) is 4.10. The molecule has 0 spiro atoms. The van der Waals surface area contributed by atoms with Crippen molar-refractivity contribution < 1.29 is 15.3 Å². The summed E-state index contributed by atoms with van der Waals surface area (Å²) in [5.74, 6) is 0.110. The SMILES string of the molecule is CC(C)(O)CCCCCc1cccc(C=Cc2cc(O)cc(O)c2)c1. The summed E-state index contributed by atoms with van der Waals surface area (Å²) in [6.07, 6.45) is 9.00. The Morgan fingerprint density at radius 1 is 0.840 bits per heavy atom. The second kappa shape index (κ2) is 8.72. The zero-order chi connectivity index (χ0) is 18.3. The third-order valence-electron chi connectivity index (χ3n) is 4.10. The predicted octanol–water partition coefficient (Wildman–Crippen LogP) is 5.14. The Morgan fingerprint density at radius 3 is 2.20 bits per heavy atom. The van der Waals surface area contributed by atoms with Gasteiger partial charge in [-0.1, -0.05) is 49.3 Å². The molecule has 0 amide bonds. The van der Waals surface area contributed by atoms with Gasteiger partial charge in [0.15, 0.2) is 0 Å². The van der Waals surface area contributed by atoms with Crippen LogP contribution < -0.4 is 0 Å². The van der Waals surface area contributed by atoms with Crippen LogP contribution in [-0.2, 0) is 6.42 Å². The molecule has 3 heteroatoms. The van der Waals surface area contributed by atoms with Crippen LogP contribution in [0.25, 0.3) is 12.2 Å². The standard InChI is InChI=1S/C22H28O3/c1-22(2,25)12-5-3-4-7-17-8-6-9-18(13-17)10-11-19-14-20(23)16-21(24)15-19/h6,8-11,13-16,23-25H,3-5,7,12H2,1-2H3. The quantitative estimate of drug-likeness (QED) is 0.460. The van der Waals surface area contributed by atoms with Gasteiger partial charge in [-0.15, -0.1) is 0 Å². The lowest BCUT2D eigenvalue weighted by Crippen LogP contribution is -2.17. The fourth-order valence-electron chi connectivity index (χ4n) is 2.82. The third kappa shape index (κ3) is 7.44. The summed E-state index contributed by atoms with van der Waals surface area (Å²) in [7, 11) is 0. The van der Waals surface area contributed by atoms with E-state index in [1.807, 2.05) is 38.1 Å². The smallest absolute Gasteiger partial charge is 0.119 e. The van der Waals surface area contributed by atoms with Gasteiger partial charge in [-0.05, 0) is 61.9 Å². The molecule has 3 N–H and O–H groups in total. The van der Waals surface area contributed by atoms with E-state index in [2.05, 4.69) is 12.1 Å². The van der Waals surface area contributed by atoms with Crippen molar-refractivity contribution in [3.05, 3.63) is 59.2 Å². The zero-order valence-corrected chi connectivity index (χ0v) is 15.1. The normalized spacial score (nSPS) is 12.0. The average molecular weight is 340 g/mol. The van der Waals surface area contributed by atoms with E-state index in [0.29, 0.717) is 0 Å². The lowest BCUT2D eigenvalue weighted by Gasteiger charge is -2.16. The van der Waals surface area contributed by atoms with Gasteiger partial charge in [0.2, 0.25) is 0 Å². The first-order chi connectivity index (χ1) is 11.8.